The van der Waals surface area contributed by atoms with Crippen LogP contribution in [0.3, 0.4) is 0 Å². The molecule has 0 radical (unpaired) electrons. The van der Waals surface area contributed by atoms with Gasteiger partial charge >= 0.3 is 0 Å². The molecule has 0 saturated carbocycles. The minimum Gasteiger partial charge on any atom is -0.384 e. The Bertz CT molecular complexity index is 1170. The zero-order chi connectivity index (χ0) is 21.4. The SMILES string of the molecule is Cn1c(N2CCC(C(=O)C3CNc4ccccc43)CC2)nc(-c2ccncc2)cc1=O. The first-order valence-corrected chi connectivity index (χ1v) is 10.7. The van der Waals surface area contributed by atoms with Crippen molar-refractivity contribution in [2.24, 2.45) is 13.0 Å². The van der Waals surface area contributed by atoms with Gasteiger partial charge in [-0.1, -0.05) is 18.2 Å². The van der Waals surface area contributed by atoms with Gasteiger partial charge in [-0.15, -0.1) is 0 Å². The van der Waals surface area contributed by atoms with Crippen LogP contribution in [-0.2, 0) is 11.8 Å². The molecule has 1 saturated heterocycles. The van der Waals surface area contributed by atoms with Gasteiger partial charge in [0.05, 0.1) is 11.6 Å². The van der Waals surface area contributed by atoms with Crippen LogP contribution in [0.4, 0.5) is 11.6 Å². The Balaban J connectivity index is 1.33. The number of hydrogen-bond acceptors (Lipinski definition) is 6. The summed E-state index contributed by atoms with van der Waals surface area (Å²) in [6.07, 6.45) is 4.93. The third-order valence-corrected chi connectivity index (χ3v) is 6.44. The van der Waals surface area contributed by atoms with Gasteiger partial charge in [-0.25, -0.2) is 4.98 Å². The Hall–Kier alpha value is -3.48. The number of carbonyl (C=O) groups is 1. The highest BCUT2D eigenvalue weighted by atomic mass is 16.1. The lowest BCUT2D eigenvalue weighted by Crippen LogP contribution is -2.41. The smallest absolute Gasteiger partial charge is 0.255 e. The van der Waals surface area contributed by atoms with E-state index in [1.165, 1.54) is 0 Å². The van der Waals surface area contributed by atoms with E-state index in [4.69, 9.17) is 4.98 Å². The maximum atomic E-state index is 13.2. The summed E-state index contributed by atoms with van der Waals surface area (Å²) < 4.78 is 1.59. The number of benzene rings is 1. The summed E-state index contributed by atoms with van der Waals surface area (Å²) in [5, 5.41) is 3.36. The molecular formula is C24H25N5O2. The number of aromatic nitrogens is 3. The summed E-state index contributed by atoms with van der Waals surface area (Å²) >= 11 is 0. The van der Waals surface area contributed by atoms with E-state index in [1.54, 1.807) is 30.1 Å². The van der Waals surface area contributed by atoms with Crippen LogP contribution in [0.15, 0.2) is 59.7 Å². The second kappa shape index (κ2) is 7.98. The lowest BCUT2D eigenvalue weighted by molar-refractivity contribution is -0.124. The molecule has 0 spiro atoms. The monoisotopic (exact) mass is 415 g/mol. The zero-order valence-corrected chi connectivity index (χ0v) is 17.5. The van der Waals surface area contributed by atoms with Crippen molar-refractivity contribution in [1.82, 2.24) is 14.5 Å². The summed E-state index contributed by atoms with van der Waals surface area (Å²) in [6, 6.07) is 13.3. The van der Waals surface area contributed by atoms with E-state index in [1.807, 2.05) is 30.3 Å². The molecule has 158 valence electrons. The lowest BCUT2D eigenvalue weighted by atomic mass is 9.83. The first-order valence-electron chi connectivity index (χ1n) is 10.7. The van der Waals surface area contributed by atoms with Crippen LogP contribution in [0.2, 0.25) is 0 Å². The van der Waals surface area contributed by atoms with Gasteiger partial charge in [0.15, 0.2) is 0 Å². The molecule has 0 amide bonds. The van der Waals surface area contributed by atoms with Crippen molar-refractivity contribution in [3.05, 3.63) is 70.8 Å². The maximum absolute atomic E-state index is 13.2. The summed E-state index contributed by atoms with van der Waals surface area (Å²) in [7, 11) is 1.75. The number of pyridine rings is 1. The van der Waals surface area contributed by atoms with Crippen molar-refractivity contribution in [3.8, 4) is 11.3 Å². The molecule has 1 unspecified atom stereocenters. The molecule has 5 rings (SSSR count). The highest BCUT2D eigenvalue weighted by Gasteiger charge is 2.35. The Morgan fingerprint density at radius 3 is 2.61 bits per heavy atom. The topological polar surface area (TPSA) is 80.1 Å². The molecule has 1 N–H and O–H groups in total. The molecule has 1 atom stereocenters. The minimum atomic E-state index is -0.0938. The molecule has 1 fully saturated rings. The van der Waals surface area contributed by atoms with E-state index in [0.717, 1.165) is 29.7 Å². The van der Waals surface area contributed by atoms with Crippen LogP contribution in [0.1, 0.15) is 24.3 Å². The van der Waals surface area contributed by atoms with Crippen molar-refractivity contribution < 1.29 is 4.79 Å². The van der Waals surface area contributed by atoms with E-state index in [-0.39, 0.29) is 17.4 Å². The number of carbonyl (C=O) groups excluding carboxylic acids is 1. The van der Waals surface area contributed by atoms with E-state index >= 15 is 0 Å². The van der Waals surface area contributed by atoms with Crippen LogP contribution in [0.5, 0.6) is 0 Å². The predicted octanol–water partition coefficient (Wildman–Crippen LogP) is 2.84. The average molecular weight is 415 g/mol. The average Bonchev–Trinajstić information content (AvgIpc) is 3.25. The van der Waals surface area contributed by atoms with E-state index in [9.17, 15) is 9.59 Å². The number of para-hydroxylation sites is 1. The van der Waals surface area contributed by atoms with E-state index in [2.05, 4.69) is 21.3 Å². The Kier molecular flexibility index (Phi) is 5.02. The molecule has 0 bridgehead atoms. The quantitative estimate of drug-likeness (QED) is 0.706. The summed E-state index contributed by atoms with van der Waals surface area (Å²) in [6.45, 7) is 2.10. The molecular weight excluding hydrogens is 390 g/mol. The largest absolute Gasteiger partial charge is 0.384 e. The van der Waals surface area contributed by atoms with Crippen molar-refractivity contribution in [2.75, 3.05) is 29.9 Å². The van der Waals surface area contributed by atoms with Gasteiger partial charge in [0.2, 0.25) is 5.95 Å². The van der Waals surface area contributed by atoms with Crippen LogP contribution >= 0.6 is 0 Å². The summed E-state index contributed by atoms with van der Waals surface area (Å²) in [4.78, 5) is 36.7. The van der Waals surface area contributed by atoms with Crippen molar-refractivity contribution in [2.45, 2.75) is 18.8 Å². The fourth-order valence-electron chi connectivity index (χ4n) is 4.67. The molecule has 4 heterocycles. The number of hydrogen-bond donors (Lipinski definition) is 1. The van der Waals surface area contributed by atoms with Gasteiger partial charge in [0.1, 0.15) is 5.78 Å². The fourth-order valence-corrected chi connectivity index (χ4v) is 4.67. The molecule has 2 aliphatic rings. The molecule has 31 heavy (non-hydrogen) atoms. The Morgan fingerprint density at radius 2 is 1.84 bits per heavy atom. The molecule has 1 aromatic carbocycles. The first-order chi connectivity index (χ1) is 15.1. The second-order valence-electron chi connectivity index (χ2n) is 8.26. The van der Waals surface area contributed by atoms with Crippen molar-refractivity contribution >= 4 is 17.4 Å². The van der Waals surface area contributed by atoms with E-state index in [0.29, 0.717) is 37.1 Å². The number of nitrogens with zero attached hydrogens (tertiary/aromatic N) is 4. The number of anilines is 2. The number of Topliss-reactive ketones (excluding diaryl/α,β-unsaturated/α-hetero) is 1. The maximum Gasteiger partial charge on any atom is 0.255 e. The third-order valence-electron chi connectivity index (χ3n) is 6.44. The van der Waals surface area contributed by atoms with Crippen LogP contribution in [0, 0.1) is 5.92 Å². The van der Waals surface area contributed by atoms with Crippen LogP contribution < -0.4 is 15.8 Å². The van der Waals surface area contributed by atoms with Gasteiger partial charge in [-0.05, 0) is 36.6 Å². The number of rotatable bonds is 4. The van der Waals surface area contributed by atoms with Crippen LogP contribution in [-0.4, -0.2) is 40.0 Å². The fraction of sp³-hybridized carbons (Fsp3) is 0.333. The molecule has 3 aromatic rings. The first kappa shape index (κ1) is 19.5. The lowest BCUT2D eigenvalue weighted by Gasteiger charge is -2.33. The summed E-state index contributed by atoms with van der Waals surface area (Å²) in [5.74, 6) is 0.947. The highest BCUT2D eigenvalue weighted by Crippen LogP contribution is 2.35. The Labute approximate surface area is 180 Å². The normalized spacial score (nSPS) is 18.5. The number of piperidine rings is 1. The van der Waals surface area contributed by atoms with Crippen molar-refractivity contribution in [3.63, 3.8) is 0 Å². The molecule has 7 nitrogen and oxygen atoms in total. The van der Waals surface area contributed by atoms with Gasteiger partial charge in [0, 0.05) is 62.3 Å². The summed E-state index contributed by atoms with van der Waals surface area (Å²) in [5.41, 5.74) is 3.61. The zero-order valence-electron chi connectivity index (χ0n) is 17.5. The predicted molar refractivity (Wildman–Crippen MR) is 120 cm³/mol. The van der Waals surface area contributed by atoms with Crippen LogP contribution in [0.25, 0.3) is 11.3 Å². The van der Waals surface area contributed by atoms with E-state index < -0.39 is 0 Å². The third kappa shape index (κ3) is 3.60. The van der Waals surface area contributed by atoms with Gasteiger partial charge in [-0.2, -0.15) is 0 Å². The molecule has 0 aliphatic carbocycles. The van der Waals surface area contributed by atoms with Crippen molar-refractivity contribution in [1.29, 1.82) is 0 Å². The highest BCUT2D eigenvalue weighted by molar-refractivity contribution is 5.91. The van der Waals surface area contributed by atoms with Gasteiger partial charge in [0.25, 0.3) is 5.56 Å². The number of ketones is 1. The standard InChI is InChI=1S/C24H25N5O2/c1-28-22(30)14-21(16-6-10-25-11-7-16)27-24(28)29-12-8-17(9-13-29)23(31)19-15-26-20-5-3-2-4-18(19)20/h2-7,10-11,14,17,19,26H,8-9,12-13,15H2,1H3. The van der Waals surface area contributed by atoms with Gasteiger partial charge in [-0.3, -0.25) is 19.1 Å². The van der Waals surface area contributed by atoms with Gasteiger partial charge < -0.3 is 10.2 Å². The number of fused-ring (bicyclic) bond motifs is 1. The second-order valence-corrected chi connectivity index (χ2v) is 8.26. The Morgan fingerprint density at radius 1 is 1.10 bits per heavy atom. The molecule has 2 aliphatic heterocycles. The molecule has 7 heteroatoms. The number of nitrogens with one attached hydrogen (secondary N) is 1. The minimum absolute atomic E-state index is 0.0367. The molecule has 2 aromatic heterocycles.